The number of hydrogen-bond donors (Lipinski definition) is 1. The van der Waals surface area contributed by atoms with Gasteiger partial charge in [0.2, 0.25) is 0 Å². The third kappa shape index (κ3) is 1.89. The molecule has 1 aliphatic rings. The van der Waals surface area contributed by atoms with E-state index in [1.807, 2.05) is 18.2 Å². The molecule has 0 amide bonds. The topological polar surface area (TPSA) is 32.7 Å². The molecular weight excluding hydrogens is 178 g/mol. The van der Waals surface area contributed by atoms with Gasteiger partial charge in [-0.1, -0.05) is 6.07 Å². The van der Waals surface area contributed by atoms with E-state index in [1.165, 1.54) is 0 Å². The molecule has 1 aromatic rings. The summed E-state index contributed by atoms with van der Waals surface area (Å²) in [6, 6.07) is 8.69. The van der Waals surface area contributed by atoms with Crippen LogP contribution in [-0.2, 0) is 11.3 Å². The lowest BCUT2D eigenvalue weighted by Crippen LogP contribution is -2.36. The van der Waals surface area contributed by atoms with Crippen LogP contribution >= 0.6 is 0 Å². The summed E-state index contributed by atoms with van der Waals surface area (Å²) in [5.41, 5.74) is 2.05. The number of benzene rings is 1. The highest BCUT2D eigenvalue weighted by Gasteiger charge is 2.13. The molecule has 0 unspecified atom stereocenters. The van der Waals surface area contributed by atoms with E-state index in [2.05, 4.69) is 11.0 Å². The van der Waals surface area contributed by atoms with Crippen LogP contribution in [0.25, 0.3) is 0 Å². The highest BCUT2D eigenvalue weighted by molar-refractivity contribution is 5.53. The second-order valence-electron chi connectivity index (χ2n) is 3.31. The molecule has 0 aliphatic carbocycles. The van der Waals surface area contributed by atoms with Gasteiger partial charge in [-0.15, -0.1) is 0 Å². The largest absolute Gasteiger partial charge is 0.392 e. The van der Waals surface area contributed by atoms with Gasteiger partial charge in [-0.2, -0.15) is 0 Å². The van der Waals surface area contributed by atoms with Crippen LogP contribution in [-0.4, -0.2) is 31.4 Å². The Morgan fingerprint density at radius 1 is 1.43 bits per heavy atom. The zero-order valence-corrected chi connectivity index (χ0v) is 8.07. The molecule has 0 atom stereocenters. The number of aliphatic hydroxyl groups is 1. The lowest BCUT2D eigenvalue weighted by atomic mass is 10.1. The summed E-state index contributed by atoms with van der Waals surface area (Å²) in [7, 11) is 0. The third-order valence-corrected chi connectivity index (χ3v) is 2.45. The van der Waals surface area contributed by atoms with E-state index in [9.17, 15) is 5.11 Å². The number of aliphatic hydroxyl groups excluding tert-OH is 1. The van der Waals surface area contributed by atoms with Crippen LogP contribution in [0.4, 0.5) is 5.69 Å². The van der Waals surface area contributed by atoms with E-state index in [-0.39, 0.29) is 6.61 Å². The fourth-order valence-electron chi connectivity index (χ4n) is 1.70. The van der Waals surface area contributed by atoms with Crippen molar-refractivity contribution >= 4 is 5.69 Å². The van der Waals surface area contributed by atoms with Gasteiger partial charge in [-0.3, -0.25) is 0 Å². The third-order valence-electron chi connectivity index (χ3n) is 2.45. The maximum atomic E-state index is 9.17. The number of anilines is 1. The minimum Gasteiger partial charge on any atom is -0.392 e. The van der Waals surface area contributed by atoms with Crippen LogP contribution in [0.15, 0.2) is 18.2 Å². The Morgan fingerprint density at radius 3 is 2.93 bits per heavy atom. The van der Waals surface area contributed by atoms with E-state index in [4.69, 9.17) is 4.74 Å². The van der Waals surface area contributed by atoms with Crippen LogP contribution in [0, 0.1) is 6.07 Å². The molecular formula is C11H14NO2. The molecule has 1 aliphatic heterocycles. The van der Waals surface area contributed by atoms with Crippen molar-refractivity contribution in [3.63, 3.8) is 0 Å². The predicted octanol–water partition coefficient (Wildman–Crippen LogP) is 0.816. The Morgan fingerprint density at radius 2 is 2.21 bits per heavy atom. The van der Waals surface area contributed by atoms with Crippen molar-refractivity contribution in [1.29, 1.82) is 0 Å². The normalized spacial score (nSPS) is 17.1. The van der Waals surface area contributed by atoms with Crippen molar-refractivity contribution in [1.82, 2.24) is 0 Å². The van der Waals surface area contributed by atoms with Crippen LogP contribution in [0.1, 0.15) is 5.56 Å². The van der Waals surface area contributed by atoms with Gasteiger partial charge in [0, 0.05) is 24.3 Å². The van der Waals surface area contributed by atoms with E-state index >= 15 is 0 Å². The summed E-state index contributed by atoms with van der Waals surface area (Å²) in [6.45, 7) is 3.41. The van der Waals surface area contributed by atoms with Gasteiger partial charge in [-0.05, 0) is 18.2 Å². The quantitative estimate of drug-likeness (QED) is 0.753. The van der Waals surface area contributed by atoms with Crippen molar-refractivity contribution in [3.05, 3.63) is 29.8 Å². The molecule has 75 valence electrons. The van der Waals surface area contributed by atoms with Crippen molar-refractivity contribution in [3.8, 4) is 0 Å². The predicted molar refractivity (Wildman–Crippen MR) is 54.2 cm³/mol. The van der Waals surface area contributed by atoms with Crippen molar-refractivity contribution in [2.75, 3.05) is 31.2 Å². The van der Waals surface area contributed by atoms with Crippen molar-refractivity contribution in [2.24, 2.45) is 0 Å². The number of rotatable bonds is 2. The molecule has 14 heavy (non-hydrogen) atoms. The van der Waals surface area contributed by atoms with Crippen molar-refractivity contribution in [2.45, 2.75) is 6.61 Å². The summed E-state index contributed by atoms with van der Waals surface area (Å²) in [5, 5.41) is 9.17. The highest BCUT2D eigenvalue weighted by atomic mass is 16.5. The Balaban J connectivity index is 2.20. The van der Waals surface area contributed by atoms with E-state index < -0.39 is 0 Å². The second kappa shape index (κ2) is 4.44. The van der Waals surface area contributed by atoms with Crippen LogP contribution < -0.4 is 4.90 Å². The Kier molecular flexibility index (Phi) is 3.01. The van der Waals surface area contributed by atoms with Gasteiger partial charge in [0.05, 0.1) is 19.8 Å². The van der Waals surface area contributed by atoms with Crippen LogP contribution in [0.5, 0.6) is 0 Å². The molecule has 3 nitrogen and oxygen atoms in total. The molecule has 0 spiro atoms. The Bertz CT molecular complexity index is 295. The lowest BCUT2D eigenvalue weighted by molar-refractivity contribution is 0.122. The first-order valence-electron chi connectivity index (χ1n) is 4.84. The van der Waals surface area contributed by atoms with Gasteiger partial charge in [0.15, 0.2) is 0 Å². The minimum absolute atomic E-state index is 0.0734. The monoisotopic (exact) mass is 192 g/mol. The first-order chi connectivity index (χ1) is 6.92. The molecule has 1 radical (unpaired) electrons. The Labute approximate surface area is 83.9 Å². The summed E-state index contributed by atoms with van der Waals surface area (Å²) < 4.78 is 5.28. The van der Waals surface area contributed by atoms with Crippen molar-refractivity contribution < 1.29 is 9.84 Å². The summed E-state index contributed by atoms with van der Waals surface area (Å²) in [4.78, 5) is 2.24. The SMILES string of the molecule is OCc1c[c]ccc1N1CCOCC1. The average Bonchev–Trinajstić information content (AvgIpc) is 2.30. The number of ether oxygens (including phenoxy) is 1. The van der Waals surface area contributed by atoms with E-state index in [0.717, 1.165) is 37.6 Å². The van der Waals surface area contributed by atoms with Gasteiger partial charge < -0.3 is 14.7 Å². The molecule has 1 saturated heterocycles. The van der Waals surface area contributed by atoms with E-state index in [0.29, 0.717) is 0 Å². The van der Waals surface area contributed by atoms with Crippen LogP contribution in [0.3, 0.4) is 0 Å². The van der Waals surface area contributed by atoms with Gasteiger partial charge >= 0.3 is 0 Å². The number of nitrogens with zero attached hydrogens (tertiary/aromatic N) is 1. The number of hydrogen-bond acceptors (Lipinski definition) is 3. The first-order valence-corrected chi connectivity index (χ1v) is 4.84. The molecule has 1 aromatic carbocycles. The molecule has 1 heterocycles. The van der Waals surface area contributed by atoms with Gasteiger partial charge in [0.1, 0.15) is 0 Å². The zero-order chi connectivity index (χ0) is 9.80. The smallest absolute Gasteiger partial charge is 0.0702 e. The molecule has 2 rings (SSSR count). The molecule has 1 N–H and O–H groups in total. The standard InChI is InChI=1S/C11H14NO2/c13-9-10-3-1-2-4-11(10)12-5-7-14-8-6-12/h2-4,13H,5-9H2. The summed E-state index contributed by atoms with van der Waals surface area (Å²) in [5.74, 6) is 0. The lowest BCUT2D eigenvalue weighted by Gasteiger charge is -2.30. The Hall–Kier alpha value is -1.06. The average molecular weight is 192 g/mol. The van der Waals surface area contributed by atoms with Gasteiger partial charge in [-0.25, -0.2) is 0 Å². The summed E-state index contributed by atoms with van der Waals surface area (Å²) >= 11 is 0. The fourth-order valence-corrected chi connectivity index (χ4v) is 1.70. The zero-order valence-electron chi connectivity index (χ0n) is 8.07. The molecule has 0 aromatic heterocycles. The maximum Gasteiger partial charge on any atom is 0.0702 e. The molecule has 0 saturated carbocycles. The van der Waals surface area contributed by atoms with Gasteiger partial charge in [0.25, 0.3) is 0 Å². The maximum absolute atomic E-state index is 9.17. The highest BCUT2D eigenvalue weighted by Crippen LogP contribution is 2.20. The summed E-state index contributed by atoms with van der Waals surface area (Å²) in [6.07, 6.45) is 0. The molecule has 0 bridgehead atoms. The van der Waals surface area contributed by atoms with E-state index in [1.54, 1.807) is 0 Å². The fraction of sp³-hybridized carbons (Fsp3) is 0.455. The minimum atomic E-state index is 0.0734. The molecule has 1 fully saturated rings. The molecule has 3 heteroatoms. The van der Waals surface area contributed by atoms with Crippen LogP contribution in [0.2, 0.25) is 0 Å². The second-order valence-corrected chi connectivity index (χ2v) is 3.31. The number of morpholine rings is 1. The first kappa shape index (κ1) is 9.49.